The lowest BCUT2D eigenvalue weighted by Crippen LogP contribution is -2.11. The molecule has 0 saturated carbocycles. The van der Waals surface area contributed by atoms with Crippen LogP contribution in [0.2, 0.25) is 5.02 Å². The van der Waals surface area contributed by atoms with Crippen LogP contribution in [0, 0.1) is 0 Å². The molecular weight excluding hydrogens is 210 g/mol. The van der Waals surface area contributed by atoms with E-state index in [4.69, 9.17) is 22.1 Å². The fourth-order valence-electron chi connectivity index (χ4n) is 1.45. The number of benzene rings is 1. The molecule has 0 aliphatic heterocycles. The van der Waals surface area contributed by atoms with Crippen LogP contribution in [0.15, 0.2) is 24.3 Å². The number of hydrogen-bond donors (Lipinski definition) is 1. The Bertz CT molecular complexity index is 291. The van der Waals surface area contributed by atoms with E-state index in [1.165, 1.54) is 0 Å². The summed E-state index contributed by atoms with van der Waals surface area (Å²) in [7, 11) is 0. The molecule has 0 aliphatic carbocycles. The number of hydrogen-bond acceptors (Lipinski definition) is 2. The predicted octanol–water partition coefficient (Wildman–Crippen LogP) is 3.16. The van der Waals surface area contributed by atoms with Gasteiger partial charge in [-0.3, -0.25) is 0 Å². The maximum absolute atomic E-state index is 6.03. The van der Waals surface area contributed by atoms with Crippen LogP contribution in [0.1, 0.15) is 31.4 Å². The van der Waals surface area contributed by atoms with Gasteiger partial charge in [-0.05, 0) is 37.5 Å². The van der Waals surface area contributed by atoms with E-state index in [2.05, 4.69) is 0 Å². The highest BCUT2D eigenvalue weighted by Crippen LogP contribution is 2.19. The van der Waals surface area contributed by atoms with Crippen molar-refractivity contribution in [3.8, 4) is 0 Å². The van der Waals surface area contributed by atoms with E-state index in [0.717, 1.165) is 36.6 Å². The standard InChI is InChI=1S/C12H18ClNO/c1-2-15-8-4-7-12(14)10-5-3-6-11(13)9-10/h3,5-6,9,12H,2,4,7-8,14H2,1H3. The molecule has 1 rings (SSSR count). The van der Waals surface area contributed by atoms with Crippen molar-refractivity contribution >= 4 is 11.6 Å². The van der Waals surface area contributed by atoms with Crippen molar-refractivity contribution in [3.63, 3.8) is 0 Å². The molecule has 0 aliphatic rings. The topological polar surface area (TPSA) is 35.2 Å². The Morgan fingerprint density at radius 3 is 2.93 bits per heavy atom. The Labute approximate surface area is 96.4 Å². The zero-order valence-corrected chi connectivity index (χ0v) is 9.83. The van der Waals surface area contributed by atoms with Gasteiger partial charge in [-0.1, -0.05) is 23.7 Å². The average molecular weight is 228 g/mol. The molecule has 2 N–H and O–H groups in total. The molecule has 0 aromatic heterocycles. The monoisotopic (exact) mass is 227 g/mol. The maximum Gasteiger partial charge on any atom is 0.0466 e. The lowest BCUT2D eigenvalue weighted by Gasteiger charge is -2.12. The van der Waals surface area contributed by atoms with Crippen molar-refractivity contribution in [2.24, 2.45) is 5.73 Å². The molecule has 0 radical (unpaired) electrons. The number of rotatable bonds is 6. The lowest BCUT2D eigenvalue weighted by molar-refractivity contribution is 0.142. The third-order valence-corrected chi connectivity index (χ3v) is 2.52. The fraction of sp³-hybridized carbons (Fsp3) is 0.500. The van der Waals surface area contributed by atoms with Crippen molar-refractivity contribution in [1.29, 1.82) is 0 Å². The van der Waals surface area contributed by atoms with Gasteiger partial charge in [0.15, 0.2) is 0 Å². The molecule has 1 atom stereocenters. The largest absolute Gasteiger partial charge is 0.382 e. The van der Waals surface area contributed by atoms with Gasteiger partial charge in [-0.15, -0.1) is 0 Å². The zero-order valence-electron chi connectivity index (χ0n) is 9.08. The van der Waals surface area contributed by atoms with Crippen LogP contribution in [0.5, 0.6) is 0 Å². The normalized spacial score (nSPS) is 12.7. The van der Waals surface area contributed by atoms with Crippen LogP contribution >= 0.6 is 11.6 Å². The zero-order chi connectivity index (χ0) is 11.1. The van der Waals surface area contributed by atoms with Gasteiger partial charge in [0.05, 0.1) is 0 Å². The van der Waals surface area contributed by atoms with E-state index < -0.39 is 0 Å². The van der Waals surface area contributed by atoms with Gasteiger partial charge in [0, 0.05) is 24.3 Å². The minimum Gasteiger partial charge on any atom is -0.382 e. The molecule has 84 valence electrons. The first-order valence-corrected chi connectivity index (χ1v) is 5.70. The van der Waals surface area contributed by atoms with Crippen LogP contribution in [0.3, 0.4) is 0 Å². The highest BCUT2D eigenvalue weighted by atomic mass is 35.5. The number of nitrogens with two attached hydrogens (primary N) is 1. The fourth-order valence-corrected chi connectivity index (χ4v) is 1.65. The molecule has 15 heavy (non-hydrogen) atoms. The Kier molecular flexibility index (Phi) is 5.69. The quantitative estimate of drug-likeness (QED) is 0.758. The predicted molar refractivity (Wildman–Crippen MR) is 64.1 cm³/mol. The highest BCUT2D eigenvalue weighted by Gasteiger charge is 2.05. The van der Waals surface area contributed by atoms with Crippen molar-refractivity contribution < 1.29 is 4.74 Å². The second kappa shape index (κ2) is 6.83. The summed E-state index contributed by atoms with van der Waals surface area (Å²) >= 11 is 5.89. The van der Waals surface area contributed by atoms with Gasteiger partial charge >= 0.3 is 0 Å². The van der Waals surface area contributed by atoms with Gasteiger partial charge in [0.1, 0.15) is 0 Å². The van der Waals surface area contributed by atoms with Crippen LogP contribution in [0.4, 0.5) is 0 Å². The Morgan fingerprint density at radius 2 is 2.27 bits per heavy atom. The summed E-state index contributed by atoms with van der Waals surface area (Å²) in [5, 5.41) is 0.743. The summed E-state index contributed by atoms with van der Waals surface area (Å²) in [5.74, 6) is 0. The van der Waals surface area contributed by atoms with Gasteiger partial charge in [-0.25, -0.2) is 0 Å². The van der Waals surface area contributed by atoms with E-state index in [1.54, 1.807) is 0 Å². The minimum atomic E-state index is 0.0594. The first-order chi connectivity index (χ1) is 7.24. The van der Waals surface area contributed by atoms with Gasteiger partial charge in [0.25, 0.3) is 0 Å². The van der Waals surface area contributed by atoms with Gasteiger partial charge < -0.3 is 10.5 Å². The highest BCUT2D eigenvalue weighted by molar-refractivity contribution is 6.30. The summed E-state index contributed by atoms with van der Waals surface area (Å²) < 4.78 is 5.26. The summed E-state index contributed by atoms with van der Waals surface area (Å²) in [4.78, 5) is 0. The summed E-state index contributed by atoms with van der Waals surface area (Å²) in [6.45, 7) is 3.55. The number of ether oxygens (including phenoxy) is 1. The molecule has 1 aromatic carbocycles. The van der Waals surface area contributed by atoms with E-state index >= 15 is 0 Å². The van der Waals surface area contributed by atoms with Crippen LogP contribution in [0.25, 0.3) is 0 Å². The van der Waals surface area contributed by atoms with Crippen LogP contribution in [-0.2, 0) is 4.74 Å². The Hall–Kier alpha value is -0.570. The van der Waals surface area contributed by atoms with Crippen molar-refractivity contribution in [2.75, 3.05) is 13.2 Å². The van der Waals surface area contributed by atoms with Crippen molar-refractivity contribution in [2.45, 2.75) is 25.8 Å². The summed E-state index contributed by atoms with van der Waals surface area (Å²) in [6, 6.07) is 7.78. The third kappa shape index (κ3) is 4.65. The Balaban J connectivity index is 2.36. The number of halogens is 1. The molecule has 0 spiro atoms. The lowest BCUT2D eigenvalue weighted by atomic mass is 10.0. The molecule has 1 aromatic rings. The molecule has 0 saturated heterocycles. The molecule has 0 bridgehead atoms. The molecular formula is C12H18ClNO. The first-order valence-electron chi connectivity index (χ1n) is 5.33. The van der Waals surface area contributed by atoms with Crippen molar-refractivity contribution in [1.82, 2.24) is 0 Å². The average Bonchev–Trinajstić information content (AvgIpc) is 2.24. The van der Waals surface area contributed by atoms with Crippen LogP contribution in [-0.4, -0.2) is 13.2 Å². The molecule has 0 fully saturated rings. The summed E-state index contributed by atoms with van der Waals surface area (Å²) in [5.41, 5.74) is 7.13. The first kappa shape index (κ1) is 12.5. The van der Waals surface area contributed by atoms with E-state index in [0.29, 0.717) is 0 Å². The minimum absolute atomic E-state index is 0.0594. The SMILES string of the molecule is CCOCCCC(N)c1cccc(Cl)c1. The van der Waals surface area contributed by atoms with Crippen LogP contribution < -0.4 is 5.73 Å². The molecule has 1 unspecified atom stereocenters. The third-order valence-electron chi connectivity index (χ3n) is 2.28. The van der Waals surface area contributed by atoms with E-state index in [-0.39, 0.29) is 6.04 Å². The van der Waals surface area contributed by atoms with E-state index in [9.17, 15) is 0 Å². The summed E-state index contributed by atoms with van der Waals surface area (Å²) in [6.07, 6.45) is 1.92. The smallest absolute Gasteiger partial charge is 0.0466 e. The Morgan fingerprint density at radius 1 is 1.47 bits per heavy atom. The van der Waals surface area contributed by atoms with Gasteiger partial charge in [0.2, 0.25) is 0 Å². The maximum atomic E-state index is 6.03. The van der Waals surface area contributed by atoms with E-state index in [1.807, 2.05) is 31.2 Å². The molecule has 2 nitrogen and oxygen atoms in total. The molecule has 3 heteroatoms. The molecule has 0 amide bonds. The second-order valence-electron chi connectivity index (χ2n) is 3.50. The molecule has 0 heterocycles. The van der Waals surface area contributed by atoms with Crippen molar-refractivity contribution in [3.05, 3.63) is 34.9 Å². The van der Waals surface area contributed by atoms with Gasteiger partial charge in [-0.2, -0.15) is 0 Å². The second-order valence-corrected chi connectivity index (χ2v) is 3.94.